The molecule has 0 fully saturated rings. The van der Waals surface area contributed by atoms with Gasteiger partial charge in [0, 0.05) is 50.4 Å². The Morgan fingerprint density at radius 1 is 0.412 bits per heavy atom. The third-order valence-corrected chi connectivity index (χ3v) is 9.67. The molecular weight excluding hydrogens is 629 g/mol. The summed E-state index contributed by atoms with van der Waals surface area (Å²) in [5.74, 6) is 3.08. The Hall–Kier alpha value is -6.78. The van der Waals surface area contributed by atoms with Gasteiger partial charge in [-0.3, -0.25) is 9.59 Å². The van der Waals surface area contributed by atoms with Crippen LogP contribution in [0.15, 0.2) is 170 Å². The van der Waals surface area contributed by atoms with E-state index in [0.29, 0.717) is 22.3 Å². The van der Waals surface area contributed by atoms with Crippen molar-refractivity contribution >= 4 is 23.2 Å². The highest BCUT2D eigenvalue weighted by atomic mass is 16.5. The van der Waals surface area contributed by atoms with Crippen molar-refractivity contribution in [2.45, 2.75) is 5.92 Å². The SMILES string of the molecule is O=C(c1ccc(C(=O)c2ccc(C3c4ccccc4Oc4ccccc43)cc2)cc1)c1ccc(C2=Cc3ccccc3Oc3ccccc32)cc1. The molecule has 9 rings (SSSR count). The highest BCUT2D eigenvalue weighted by Crippen LogP contribution is 2.47. The zero-order valence-electron chi connectivity index (χ0n) is 27.5. The van der Waals surface area contributed by atoms with Crippen LogP contribution in [0.4, 0.5) is 0 Å². The van der Waals surface area contributed by atoms with E-state index in [9.17, 15) is 9.59 Å². The second-order valence-corrected chi connectivity index (χ2v) is 12.7. The quantitative estimate of drug-likeness (QED) is 0.167. The zero-order valence-corrected chi connectivity index (χ0v) is 27.5. The van der Waals surface area contributed by atoms with E-state index in [2.05, 4.69) is 18.2 Å². The number of fused-ring (bicyclic) bond motifs is 4. The lowest BCUT2D eigenvalue weighted by Gasteiger charge is -2.28. The van der Waals surface area contributed by atoms with Gasteiger partial charge in [0.15, 0.2) is 11.6 Å². The average molecular weight is 659 g/mol. The van der Waals surface area contributed by atoms with Gasteiger partial charge in [-0.25, -0.2) is 0 Å². The van der Waals surface area contributed by atoms with Crippen LogP contribution in [0.3, 0.4) is 0 Å². The molecule has 0 saturated heterocycles. The number of hydrogen-bond donors (Lipinski definition) is 0. The third-order valence-electron chi connectivity index (χ3n) is 9.67. The highest BCUT2D eigenvalue weighted by molar-refractivity contribution is 6.12. The fourth-order valence-corrected chi connectivity index (χ4v) is 7.06. The number of rotatable bonds is 6. The van der Waals surface area contributed by atoms with Gasteiger partial charge < -0.3 is 9.47 Å². The van der Waals surface area contributed by atoms with Crippen molar-refractivity contribution in [2.24, 2.45) is 0 Å². The highest BCUT2D eigenvalue weighted by Gasteiger charge is 2.28. The Bertz CT molecular complexity index is 2440. The van der Waals surface area contributed by atoms with E-state index in [-0.39, 0.29) is 17.5 Å². The van der Waals surface area contributed by atoms with Crippen molar-refractivity contribution in [3.63, 3.8) is 0 Å². The van der Waals surface area contributed by atoms with Crippen molar-refractivity contribution in [3.8, 4) is 23.0 Å². The van der Waals surface area contributed by atoms with E-state index in [1.54, 1.807) is 24.3 Å². The molecule has 0 N–H and O–H groups in total. The zero-order chi connectivity index (χ0) is 34.3. The molecule has 0 radical (unpaired) electrons. The lowest BCUT2D eigenvalue weighted by Crippen LogP contribution is -2.11. The Balaban J connectivity index is 0.936. The molecule has 0 amide bonds. The molecule has 242 valence electrons. The Morgan fingerprint density at radius 2 is 0.843 bits per heavy atom. The third kappa shape index (κ3) is 5.53. The number of ether oxygens (including phenoxy) is 2. The fourth-order valence-electron chi connectivity index (χ4n) is 7.06. The summed E-state index contributed by atoms with van der Waals surface area (Å²) < 4.78 is 12.4. The van der Waals surface area contributed by atoms with Crippen LogP contribution in [-0.4, -0.2) is 11.6 Å². The Morgan fingerprint density at radius 3 is 1.43 bits per heavy atom. The molecule has 0 unspecified atom stereocenters. The first kappa shape index (κ1) is 30.3. The molecule has 7 aromatic carbocycles. The topological polar surface area (TPSA) is 52.6 Å². The van der Waals surface area contributed by atoms with Crippen LogP contribution in [-0.2, 0) is 0 Å². The van der Waals surface area contributed by atoms with Crippen LogP contribution in [0.2, 0.25) is 0 Å². The summed E-state index contributed by atoms with van der Waals surface area (Å²) in [6.07, 6.45) is 2.13. The van der Waals surface area contributed by atoms with E-state index in [1.165, 1.54) is 0 Å². The van der Waals surface area contributed by atoms with Crippen molar-refractivity contribution in [1.82, 2.24) is 0 Å². The molecule has 0 aromatic heterocycles. The van der Waals surface area contributed by atoms with Gasteiger partial charge in [0.2, 0.25) is 0 Å². The van der Waals surface area contributed by atoms with Crippen LogP contribution in [0.1, 0.15) is 71.1 Å². The van der Waals surface area contributed by atoms with E-state index < -0.39 is 0 Å². The average Bonchev–Trinajstić information content (AvgIpc) is 3.36. The first-order chi connectivity index (χ1) is 25.1. The first-order valence-electron chi connectivity index (χ1n) is 16.9. The summed E-state index contributed by atoms with van der Waals surface area (Å²) in [5, 5.41) is 0. The maximum atomic E-state index is 13.5. The molecule has 0 saturated carbocycles. The molecule has 4 heteroatoms. The molecule has 4 nitrogen and oxygen atoms in total. The second kappa shape index (κ2) is 12.6. The molecule has 7 aromatic rings. The molecular formula is C47H30O4. The van der Waals surface area contributed by atoms with Crippen molar-refractivity contribution in [2.75, 3.05) is 0 Å². The summed E-state index contributed by atoms with van der Waals surface area (Å²) in [4.78, 5) is 27.1. The Labute approximate surface area is 295 Å². The number of carbonyl (C=O) groups is 2. The molecule has 51 heavy (non-hydrogen) atoms. The summed E-state index contributed by atoms with van der Waals surface area (Å²) in [6, 6.07) is 54.5. The lowest BCUT2D eigenvalue weighted by atomic mass is 9.82. The molecule has 0 atom stereocenters. The van der Waals surface area contributed by atoms with Crippen molar-refractivity contribution in [1.29, 1.82) is 0 Å². The van der Waals surface area contributed by atoms with Crippen LogP contribution < -0.4 is 9.47 Å². The summed E-state index contributed by atoms with van der Waals surface area (Å²) in [5.41, 5.74) is 9.46. The minimum atomic E-state index is -0.106. The standard InChI is InChI=1S/C47H30O4/c48-46(32-21-17-30(18-22-32)40-29-36-9-1-5-13-41(36)50-42-14-6-2-10-37(40)42)34-25-27-35(28-26-34)47(49)33-23-19-31(20-24-33)45-38-11-3-7-15-43(38)51-44-16-8-4-12-39(44)45/h1-29,45H. The van der Waals surface area contributed by atoms with E-state index >= 15 is 0 Å². The van der Waals surface area contributed by atoms with Crippen LogP contribution in [0.25, 0.3) is 11.6 Å². The maximum Gasteiger partial charge on any atom is 0.193 e. The molecule has 0 aliphatic carbocycles. The summed E-state index contributed by atoms with van der Waals surface area (Å²) in [6.45, 7) is 0. The molecule has 2 heterocycles. The second-order valence-electron chi connectivity index (χ2n) is 12.7. The number of para-hydroxylation sites is 4. The van der Waals surface area contributed by atoms with Gasteiger partial charge in [0.05, 0.1) is 0 Å². The van der Waals surface area contributed by atoms with E-state index in [4.69, 9.17) is 9.47 Å². The largest absolute Gasteiger partial charge is 0.457 e. The summed E-state index contributed by atoms with van der Waals surface area (Å²) in [7, 11) is 0. The van der Waals surface area contributed by atoms with Gasteiger partial charge in [-0.2, -0.15) is 0 Å². The molecule has 0 bridgehead atoms. The first-order valence-corrected chi connectivity index (χ1v) is 16.9. The van der Waals surface area contributed by atoms with Crippen LogP contribution in [0, 0.1) is 0 Å². The van der Waals surface area contributed by atoms with Gasteiger partial charge in [-0.1, -0.05) is 146 Å². The predicted molar refractivity (Wildman–Crippen MR) is 200 cm³/mol. The Kier molecular flexibility index (Phi) is 7.48. The number of ketones is 2. The monoisotopic (exact) mass is 658 g/mol. The van der Waals surface area contributed by atoms with Gasteiger partial charge in [0.1, 0.15) is 23.0 Å². The maximum absolute atomic E-state index is 13.5. The molecule has 0 spiro atoms. The molecule has 2 aliphatic heterocycles. The number of carbonyl (C=O) groups excluding carboxylic acids is 2. The normalized spacial score (nSPS) is 12.8. The van der Waals surface area contributed by atoms with Crippen LogP contribution in [0.5, 0.6) is 23.0 Å². The molecule has 2 aliphatic rings. The fraction of sp³-hybridized carbons (Fsp3) is 0.0213. The van der Waals surface area contributed by atoms with Gasteiger partial charge in [0.25, 0.3) is 0 Å². The smallest absolute Gasteiger partial charge is 0.193 e. The van der Waals surface area contributed by atoms with E-state index in [1.807, 2.05) is 133 Å². The predicted octanol–water partition coefficient (Wildman–Crippen LogP) is 11.1. The minimum Gasteiger partial charge on any atom is -0.457 e. The number of hydrogen-bond acceptors (Lipinski definition) is 4. The van der Waals surface area contributed by atoms with Crippen molar-refractivity contribution in [3.05, 3.63) is 225 Å². The number of benzene rings is 7. The van der Waals surface area contributed by atoms with Gasteiger partial charge >= 0.3 is 0 Å². The van der Waals surface area contributed by atoms with E-state index in [0.717, 1.165) is 62.0 Å². The summed E-state index contributed by atoms with van der Waals surface area (Å²) >= 11 is 0. The lowest BCUT2D eigenvalue weighted by molar-refractivity contribution is 0.102. The van der Waals surface area contributed by atoms with Crippen molar-refractivity contribution < 1.29 is 19.1 Å². The minimum absolute atomic E-state index is 0.0000940. The van der Waals surface area contributed by atoms with Gasteiger partial charge in [-0.05, 0) is 47.0 Å². The van der Waals surface area contributed by atoms with Gasteiger partial charge in [-0.15, -0.1) is 0 Å². The van der Waals surface area contributed by atoms with Crippen LogP contribution >= 0.6 is 0 Å².